The van der Waals surface area contributed by atoms with Crippen LogP contribution in [0.5, 0.6) is 0 Å². The first-order chi connectivity index (χ1) is 9.95. The highest BCUT2D eigenvalue weighted by atomic mass is 19.1. The number of ketones is 1. The highest BCUT2D eigenvalue weighted by molar-refractivity contribution is 5.97. The van der Waals surface area contributed by atoms with Gasteiger partial charge in [-0.1, -0.05) is 39.0 Å². The standard InChI is InChI=1S/C19H19FO/c1-4-5-18(21)12-6-8-14-15-9-7-13(20)11-17(15)19(2,3)16(14)10-12/h6-11H,4-5H2,1-3H3. The number of Topliss-reactive ketones (excluding diaryl/α,β-unsaturated/α-hetero) is 1. The average Bonchev–Trinajstić information content (AvgIpc) is 2.67. The SMILES string of the molecule is CCCC(=O)c1ccc2c(c1)C(C)(C)c1cc(F)ccc1-2. The lowest BCUT2D eigenvalue weighted by atomic mass is 9.81. The molecule has 3 rings (SSSR count). The van der Waals surface area contributed by atoms with E-state index in [4.69, 9.17) is 0 Å². The lowest BCUT2D eigenvalue weighted by Crippen LogP contribution is -2.16. The molecule has 108 valence electrons. The minimum atomic E-state index is -0.269. The van der Waals surface area contributed by atoms with Gasteiger partial charge in [0.05, 0.1) is 0 Å². The molecule has 0 N–H and O–H groups in total. The fourth-order valence-electron chi connectivity index (χ4n) is 3.25. The molecule has 0 unspecified atom stereocenters. The number of carbonyl (C=O) groups is 1. The monoisotopic (exact) mass is 282 g/mol. The quantitative estimate of drug-likeness (QED) is 0.714. The molecule has 0 saturated carbocycles. The molecule has 21 heavy (non-hydrogen) atoms. The summed E-state index contributed by atoms with van der Waals surface area (Å²) in [5, 5.41) is 0. The zero-order chi connectivity index (χ0) is 15.2. The van der Waals surface area contributed by atoms with Gasteiger partial charge in [0.25, 0.3) is 0 Å². The second kappa shape index (κ2) is 4.80. The molecule has 0 saturated heterocycles. The van der Waals surface area contributed by atoms with Crippen molar-refractivity contribution in [3.05, 3.63) is 58.9 Å². The Hall–Kier alpha value is -1.96. The maximum absolute atomic E-state index is 13.6. The molecule has 0 atom stereocenters. The van der Waals surface area contributed by atoms with Crippen LogP contribution in [0.25, 0.3) is 11.1 Å². The number of halogens is 1. The third-order valence-corrected chi connectivity index (χ3v) is 4.44. The fourth-order valence-corrected chi connectivity index (χ4v) is 3.25. The summed E-state index contributed by atoms with van der Waals surface area (Å²) < 4.78 is 13.6. The van der Waals surface area contributed by atoms with Crippen molar-refractivity contribution >= 4 is 5.78 Å². The minimum absolute atomic E-state index is 0.179. The summed E-state index contributed by atoms with van der Waals surface area (Å²) in [5.74, 6) is -0.0323. The van der Waals surface area contributed by atoms with Crippen molar-refractivity contribution in [3.8, 4) is 11.1 Å². The van der Waals surface area contributed by atoms with E-state index in [1.165, 1.54) is 6.07 Å². The number of hydrogen-bond donors (Lipinski definition) is 0. The Bertz CT molecular complexity index is 728. The summed E-state index contributed by atoms with van der Waals surface area (Å²) in [6.45, 7) is 6.18. The van der Waals surface area contributed by atoms with Crippen molar-refractivity contribution in [2.45, 2.75) is 39.0 Å². The van der Waals surface area contributed by atoms with Crippen molar-refractivity contribution in [1.29, 1.82) is 0 Å². The molecule has 0 aromatic heterocycles. The summed E-state index contributed by atoms with van der Waals surface area (Å²) in [7, 11) is 0. The van der Waals surface area contributed by atoms with Crippen LogP contribution in [0.3, 0.4) is 0 Å². The largest absolute Gasteiger partial charge is 0.294 e. The van der Waals surface area contributed by atoms with Crippen LogP contribution >= 0.6 is 0 Å². The molecule has 2 aromatic carbocycles. The first-order valence-corrected chi connectivity index (χ1v) is 7.43. The number of hydrogen-bond acceptors (Lipinski definition) is 1. The Morgan fingerprint density at radius 2 is 1.67 bits per heavy atom. The Morgan fingerprint density at radius 1 is 1.05 bits per heavy atom. The van der Waals surface area contributed by atoms with E-state index in [0.29, 0.717) is 6.42 Å². The third-order valence-electron chi connectivity index (χ3n) is 4.44. The molecule has 0 amide bonds. The van der Waals surface area contributed by atoms with E-state index in [2.05, 4.69) is 13.8 Å². The van der Waals surface area contributed by atoms with E-state index >= 15 is 0 Å². The Morgan fingerprint density at radius 3 is 2.33 bits per heavy atom. The summed E-state index contributed by atoms with van der Waals surface area (Å²) in [5.41, 5.74) is 4.79. The molecule has 1 aliphatic rings. The van der Waals surface area contributed by atoms with Crippen molar-refractivity contribution in [3.63, 3.8) is 0 Å². The van der Waals surface area contributed by atoms with Crippen LogP contribution in [0, 0.1) is 5.82 Å². The van der Waals surface area contributed by atoms with Crippen LogP contribution in [0.2, 0.25) is 0 Å². The number of rotatable bonds is 3. The lowest BCUT2D eigenvalue weighted by molar-refractivity contribution is 0.0981. The Balaban J connectivity index is 2.16. The molecule has 0 spiro atoms. The van der Waals surface area contributed by atoms with E-state index < -0.39 is 0 Å². The van der Waals surface area contributed by atoms with Crippen molar-refractivity contribution < 1.29 is 9.18 Å². The Kier molecular flexibility index (Phi) is 3.20. The molecular weight excluding hydrogens is 263 g/mol. The average molecular weight is 282 g/mol. The molecular formula is C19H19FO. The maximum atomic E-state index is 13.6. The van der Waals surface area contributed by atoms with Crippen molar-refractivity contribution in [2.75, 3.05) is 0 Å². The molecule has 0 bridgehead atoms. The predicted molar refractivity (Wildman–Crippen MR) is 83.2 cm³/mol. The van der Waals surface area contributed by atoms with Gasteiger partial charge >= 0.3 is 0 Å². The van der Waals surface area contributed by atoms with Gasteiger partial charge in [-0.3, -0.25) is 4.79 Å². The van der Waals surface area contributed by atoms with Gasteiger partial charge in [0.2, 0.25) is 0 Å². The zero-order valence-corrected chi connectivity index (χ0v) is 12.7. The molecule has 1 nitrogen and oxygen atoms in total. The molecule has 1 aliphatic carbocycles. The minimum Gasteiger partial charge on any atom is -0.294 e. The van der Waals surface area contributed by atoms with Gasteiger partial charge in [0.1, 0.15) is 5.82 Å². The fraction of sp³-hybridized carbons (Fsp3) is 0.316. The first kappa shape index (κ1) is 14.0. The Labute approximate surface area is 124 Å². The highest BCUT2D eigenvalue weighted by Gasteiger charge is 2.36. The van der Waals surface area contributed by atoms with Gasteiger partial charge in [-0.25, -0.2) is 4.39 Å². The number of benzene rings is 2. The van der Waals surface area contributed by atoms with Crippen molar-refractivity contribution in [2.24, 2.45) is 0 Å². The van der Waals surface area contributed by atoms with Crippen LogP contribution in [-0.4, -0.2) is 5.78 Å². The van der Waals surface area contributed by atoms with Gasteiger partial charge in [-0.05, 0) is 46.9 Å². The van der Waals surface area contributed by atoms with E-state index in [-0.39, 0.29) is 17.0 Å². The second-order valence-corrected chi connectivity index (χ2v) is 6.25. The molecule has 0 aliphatic heterocycles. The van der Waals surface area contributed by atoms with Gasteiger partial charge in [0.15, 0.2) is 5.78 Å². The predicted octanol–water partition coefficient (Wildman–Crippen LogP) is 5.11. The van der Waals surface area contributed by atoms with Crippen LogP contribution in [0.1, 0.15) is 55.1 Å². The van der Waals surface area contributed by atoms with Crippen LogP contribution in [0.15, 0.2) is 36.4 Å². The second-order valence-electron chi connectivity index (χ2n) is 6.25. The first-order valence-electron chi connectivity index (χ1n) is 7.43. The molecule has 0 heterocycles. The van der Waals surface area contributed by atoms with E-state index in [9.17, 15) is 9.18 Å². The van der Waals surface area contributed by atoms with E-state index in [0.717, 1.165) is 34.2 Å². The summed E-state index contributed by atoms with van der Waals surface area (Å²) in [4.78, 5) is 12.1. The van der Waals surface area contributed by atoms with Crippen LogP contribution < -0.4 is 0 Å². The molecule has 2 aromatic rings. The molecule has 0 radical (unpaired) electrons. The molecule has 2 heteroatoms. The summed E-state index contributed by atoms with van der Waals surface area (Å²) in [6, 6.07) is 10.8. The maximum Gasteiger partial charge on any atom is 0.162 e. The van der Waals surface area contributed by atoms with E-state index in [1.807, 2.05) is 31.2 Å². The van der Waals surface area contributed by atoms with Crippen LogP contribution in [-0.2, 0) is 5.41 Å². The van der Waals surface area contributed by atoms with Gasteiger partial charge in [-0.2, -0.15) is 0 Å². The normalized spacial score (nSPS) is 14.7. The summed E-state index contributed by atoms with van der Waals surface area (Å²) >= 11 is 0. The van der Waals surface area contributed by atoms with E-state index in [1.54, 1.807) is 6.07 Å². The smallest absolute Gasteiger partial charge is 0.162 e. The lowest BCUT2D eigenvalue weighted by Gasteiger charge is -2.21. The van der Waals surface area contributed by atoms with Gasteiger partial charge < -0.3 is 0 Å². The highest BCUT2D eigenvalue weighted by Crippen LogP contribution is 2.48. The number of fused-ring (bicyclic) bond motifs is 3. The third kappa shape index (κ3) is 2.10. The van der Waals surface area contributed by atoms with Gasteiger partial charge in [-0.15, -0.1) is 0 Å². The zero-order valence-electron chi connectivity index (χ0n) is 12.7. The molecule has 0 fully saturated rings. The summed E-state index contributed by atoms with van der Waals surface area (Å²) in [6.07, 6.45) is 1.42. The van der Waals surface area contributed by atoms with Gasteiger partial charge in [0, 0.05) is 17.4 Å². The topological polar surface area (TPSA) is 17.1 Å². The van der Waals surface area contributed by atoms with Crippen LogP contribution in [0.4, 0.5) is 4.39 Å². The van der Waals surface area contributed by atoms with Crippen molar-refractivity contribution in [1.82, 2.24) is 0 Å². The number of carbonyl (C=O) groups excluding carboxylic acids is 1.